The summed E-state index contributed by atoms with van der Waals surface area (Å²) in [6.07, 6.45) is -2.48. The summed E-state index contributed by atoms with van der Waals surface area (Å²) in [7, 11) is 0. The lowest BCUT2D eigenvalue weighted by Gasteiger charge is -2.35. The van der Waals surface area contributed by atoms with Gasteiger partial charge in [-0.25, -0.2) is 8.78 Å². The van der Waals surface area contributed by atoms with Crippen LogP contribution in [0, 0.1) is 0 Å². The number of nitrogen functional groups attached to an aromatic ring is 1. The third-order valence-electron chi connectivity index (χ3n) is 3.15. The van der Waals surface area contributed by atoms with Crippen molar-refractivity contribution in [3.05, 3.63) is 28.8 Å². The van der Waals surface area contributed by atoms with E-state index < -0.39 is 12.5 Å². The van der Waals surface area contributed by atoms with E-state index in [0.717, 1.165) is 0 Å². The molecule has 0 unspecified atom stereocenters. The minimum Gasteiger partial charge on any atom is -0.398 e. The Morgan fingerprint density at radius 3 is 2.56 bits per heavy atom. The molecule has 0 amide bonds. The molecule has 6 heteroatoms. The molecule has 100 valence electrons. The van der Waals surface area contributed by atoms with Gasteiger partial charge in [0.25, 0.3) is 6.43 Å². The van der Waals surface area contributed by atoms with Crippen molar-refractivity contribution in [3.63, 3.8) is 0 Å². The third-order valence-corrected chi connectivity index (χ3v) is 3.39. The number of piperazine rings is 1. The molecule has 18 heavy (non-hydrogen) atoms. The molecule has 1 atom stereocenters. The summed E-state index contributed by atoms with van der Waals surface area (Å²) in [6.45, 7) is 2.59. The Bertz CT molecular complexity index is 408. The average molecular weight is 276 g/mol. The van der Waals surface area contributed by atoms with Crippen LogP contribution < -0.4 is 11.1 Å². The fraction of sp³-hybridized carbons (Fsp3) is 0.500. The average Bonchev–Trinajstić information content (AvgIpc) is 2.35. The maximum atomic E-state index is 13.3. The smallest absolute Gasteiger partial charge is 0.258 e. The first kappa shape index (κ1) is 13.5. The van der Waals surface area contributed by atoms with Gasteiger partial charge in [0.1, 0.15) is 0 Å². The minimum absolute atomic E-state index is 0.364. The molecule has 1 aliphatic heterocycles. The van der Waals surface area contributed by atoms with Crippen LogP contribution in [-0.2, 0) is 0 Å². The summed E-state index contributed by atoms with van der Waals surface area (Å²) in [4.78, 5) is 1.75. The zero-order chi connectivity index (χ0) is 13.1. The fourth-order valence-corrected chi connectivity index (χ4v) is 2.43. The van der Waals surface area contributed by atoms with Crippen LogP contribution in [-0.4, -0.2) is 37.5 Å². The van der Waals surface area contributed by atoms with Crippen LogP contribution in [0.1, 0.15) is 11.6 Å². The number of anilines is 1. The first-order valence-electron chi connectivity index (χ1n) is 5.87. The van der Waals surface area contributed by atoms with Crippen LogP contribution >= 0.6 is 11.6 Å². The second kappa shape index (κ2) is 5.82. The van der Waals surface area contributed by atoms with E-state index in [-0.39, 0.29) is 0 Å². The van der Waals surface area contributed by atoms with Gasteiger partial charge in [-0.15, -0.1) is 0 Å². The molecule has 3 nitrogen and oxygen atoms in total. The molecule has 1 aromatic carbocycles. The van der Waals surface area contributed by atoms with Crippen molar-refractivity contribution in [2.24, 2.45) is 0 Å². The van der Waals surface area contributed by atoms with Crippen molar-refractivity contribution in [1.29, 1.82) is 0 Å². The summed E-state index contributed by atoms with van der Waals surface area (Å²) >= 11 is 5.87. The van der Waals surface area contributed by atoms with Gasteiger partial charge in [-0.3, -0.25) is 4.90 Å². The molecule has 1 saturated heterocycles. The predicted molar refractivity (Wildman–Crippen MR) is 69.1 cm³/mol. The van der Waals surface area contributed by atoms with Crippen LogP contribution in [0.25, 0.3) is 0 Å². The first-order valence-corrected chi connectivity index (χ1v) is 6.25. The summed E-state index contributed by atoms with van der Waals surface area (Å²) in [5.74, 6) is 0. The van der Waals surface area contributed by atoms with E-state index >= 15 is 0 Å². The van der Waals surface area contributed by atoms with E-state index in [4.69, 9.17) is 17.3 Å². The Hall–Kier alpha value is -0.910. The van der Waals surface area contributed by atoms with Crippen molar-refractivity contribution in [3.8, 4) is 0 Å². The van der Waals surface area contributed by atoms with Gasteiger partial charge in [-0.1, -0.05) is 11.6 Å². The Morgan fingerprint density at radius 2 is 1.94 bits per heavy atom. The largest absolute Gasteiger partial charge is 0.398 e. The van der Waals surface area contributed by atoms with Gasteiger partial charge in [-0.2, -0.15) is 0 Å². The topological polar surface area (TPSA) is 41.3 Å². The maximum Gasteiger partial charge on any atom is 0.258 e. The monoisotopic (exact) mass is 275 g/mol. The Morgan fingerprint density at radius 1 is 1.28 bits per heavy atom. The lowest BCUT2D eigenvalue weighted by atomic mass is 10.0. The van der Waals surface area contributed by atoms with Crippen LogP contribution in [0.2, 0.25) is 5.02 Å². The lowest BCUT2D eigenvalue weighted by Crippen LogP contribution is -2.47. The van der Waals surface area contributed by atoms with Crippen molar-refractivity contribution in [2.45, 2.75) is 12.5 Å². The number of hydrogen-bond acceptors (Lipinski definition) is 3. The summed E-state index contributed by atoms with van der Waals surface area (Å²) in [5, 5.41) is 3.57. The number of benzene rings is 1. The number of nitrogens with two attached hydrogens (primary N) is 1. The third kappa shape index (κ3) is 2.91. The normalized spacial score (nSPS) is 19.1. The highest BCUT2D eigenvalue weighted by Gasteiger charge is 2.31. The van der Waals surface area contributed by atoms with E-state index in [1.165, 1.54) is 6.07 Å². The molecule has 1 fully saturated rings. The van der Waals surface area contributed by atoms with Crippen molar-refractivity contribution < 1.29 is 8.78 Å². The SMILES string of the molecule is Nc1ccc(Cl)cc1[C@H](C(F)F)N1CCNCC1. The van der Waals surface area contributed by atoms with Gasteiger partial charge >= 0.3 is 0 Å². The second-order valence-electron chi connectivity index (χ2n) is 4.34. The standard InChI is InChI=1S/C12H16ClF2N3/c13-8-1-2-10(16)9(7-8)11(12(14)15)18-5-3-17-4-6-18/h1-2,7,11-12,17H,3-6,16H2/t11-/m1/s1. The summed E-state index contributed by atoms with van der Waals surface area (Å²) in [5.41, 5.74) is 6.58. The molecule has 1 aliphatic rings. The summed E-state index contributed by atoms with van der Waals surface area (Å²) in [6, 6.07) is 3.75. The Balaban J connectivity index is 2.31. The van der Waals surface area contributed by atoms with Gasteiger partial charge < -0.3 is 11.1 Å². The Kier molecular flexibility index (Phi) is 4.37. The molecule has 0 aromatic heterocycles. The van der Waals surface area contributed by atoms with E-state index in [9.17, 15) is 8.78 Å². The fourth-order valence-electron chi connectivity index (χ4n) is 2.25. The quantitative estimate of drug-likeness (QED) is 0.831. The molecule has 2 rings (SSSR count). The van der Waals surface area contributed by atoms with Gasteiger partial charge in [0, 0.05) is 36.9 Å². The molecule has 1 heterocycles. The lowest BCUT2D eigenvalue weighted by molar-refractivity contribution is 0.0185. The van der Waals surface area contributed by atoms with Crippen LogP contribution in [0.4, 0.5) is 14.5 Å². The second-order valence-corrected chi connectivity index (χ2v) is 4.77. The van der Waals surface area contributed by atoms with Gasteiger partial charge in [-0.05, 0) is 23.8 Å². The highest BCUT2D eigenvalue weighted by Crippen LogP contribution is 2.33. The van der Waals surface area contributed by atoms with Crippen molar-refractivity contribution >= 4 is 17.3 Å². The summed E-state index contributed by atoms with van der Waals surface area (Å²) < 4.78 is 26.6. The van der Waals surface area contributed by atoms with Gasteiger partial charge in [0.2, 0.25) is 0 Å². The molecule has 0 radical (unpaired) electrons. The number of alkyl halides is 2. The maximum absolute atomic E-state index is 13.3. The molecule has 0 spiro atoms. The number of hydrogen-bond donors (Lipinski definition) is 2. The minimum atomic E-state index is -2.48. The molecule has 0 aliphatic carbocycles. The van der Waals surface area contributed by atoms with E-state index in [0.29, 0.717) is 42.5 Å². The van der Waals surface area contributed by atoms with E-state index in [1.54, 1.807) is 17.0 Å². The molecule has 1 aromatic rings. The molecule has 3 N–H and O–H groups in total. The predicted octanol–water partition coefficient (Wildman–Crippen LogP) is 2.13. The van der Waals surface area contributed by atoms with E-state index in [1.807, 2.05) is 0 Å². The number of halogens is 3. The highest BCUT2D eigenvalue weighted by atomic mass is 35.5. The number of rotatable bonds is 3. The zero-order valence-corrected chi connectivity index (χ0v) is 10.6. The van der Waals surface area contributed by atoms with Crippen LogP contribution in [0.5, 0.6) is 0 Å². The highest BCUT2D eigenvalue weighted by molar-refractivity contribution is 6.30. The molecular weight excluding hydrogens is 260 g/mol. The van der Waals surface area contributed by atoms with Crippen molar-refractivity contribution in [1.82, 2.24) is 10.2 Å². The molecule has 0 saturated carbocycles. The Labute approximate surface area is 110 Å². The van der Waals surface area contributed by atoms with Crippen molar-refractivity contribution in [2.75, 3.05) is 31.9 Å². The van der Waals surface area contributed by atoms with Crippen LogP contribution in [0.15, 0.2) is 18.2 Å². The zero-order valence-electron chi connectivity index (χ0n) is 9.87. The number of nitrogens with zero attached hydrogens (tertiary/aromatic N) is 1. The van der Waals surface area contributed by atoms with Gasteiger partial charge in [0.05, 0.1) is 6.04 Å². The molecular formula is C12H16ClF2N3. The number of nitrogens with one attached hydrogen (secondary N) is 1. The van der Waals surface area contributed by atoms with E-state index in [2.05, 4.69) is 5.32 Å². The van der Waals surface area contributed by atoms with Gasteiger partial charge in [0.15, 0.2) is 0 Å². The molecule has 0 bridgehead atoms. The van der Waals surface area contributed by atoms with Crippen LogP contribution in [0.3, 0.4) is 0 Å². The first-order chi connectivity index (χ1) is 8.59.